The van der Waals surface area contributed by atoms with Crippen LogP contribution in [0.15, 0.2) is 59.5 Å². The molecule has 10 nitrogen and oxygen atoms in total. The van der Waals surface area contributed by atoms with Crippen LogP contribution in [0.2, 0.25) is 0 Å². The zero-order valence-electron chi connectivity index (χ0n) is 22.4. The zero-order chi connectivity index (χ0) is 29.1. The predicted octanol–water partition coefficient (Wildman–Crippen LogP) is 5.88. The largest absolute Gasteiger partial charge is 0.496 e. The van der Waals surface area contributed by atoms with Gasteiger partial charge in [-0.15, -0.1) is 0 Å². The summed E-state index contributed by atoms with van der Waals surface area (Å²) in [7, 11) is 1.49. The van der Waals surface area contributed by atoms with Crippen molar-refractivity contribution in [2.24, 2.45) is 0 Å². The third-order valence-corrected chi connectivity index (χ3v) is 6.00. The summed E-state index contributed by atoms with van der Waals surface area (Å²) >= 11 is 0. The van der Waals surface area contributed by atoms with Gasteiger partial charge < -0.3 is 34.7 Å². The Hall–Kier alpha value is -4.26. The van der Waals surface area contributed by atoms with Crippen LogP contribution in [0.5, 0.6) is 5.75 Å². The van der Waals surface area contributed by atoms with Crippen molar-refractivity contribution in [3.8, 4) is 17.1 Å². The summed E-state index contributed by atoms with van der Waals surface area (Å²) in [6.45, 7) is 4.94. The molecule has 3 amide bonds. The molecule has 3 rings (SSSR count). The number of carbonyl (C=O) groups is 2. The molecule has 0 aliphatic heterocycles. The summed E-state index contributed by atoms with van der Waals surface area (Å²) in [5.41, 5.74) is 2.07. The van der Waals surface area contributed by atoms with Crippen LogP contribution in [-0.2, 0) is 11.3 Å². The average molecular weight is 564 g/mol. The fourth-order valence-corrected chi connectivity index (χ4v) is 3.85. The van der Waals surface area contributed by atoms with Crippen molar-refractivity contribution in [1.29, 1.82) is 0 Å². The Morgan fingerprint density at radius 2 is 1.80 bits per heavy atom. The Morgan fingerprint density at radius 3 is 2.42 bits per heavy atom. The summed E-state index contributed by atoms with van der Waals surface area (Å²) in [6, 6.07) is 11.0. The molecule has 3 aromatic rings. The third-order valence-electron chi connectivity index (χ3n) is 6.00. The van der Waals surface area contributed by atoms with Gasteiger partial charge in [0.15, 0.2) is 18.3 Å². The Bertz CT molecular complexity index is 1250. The van der Waals surface area contributed by atoms with E-state index in [4.69, 9.17) is 9.15 Å². The van der Waals surface area contributed by atoms with Crippen molar-refractivity contribution < 1.29 is 36.7 Å². The van der Waals surface area contributed by atoms with Crippen LogP contribution in [0.4, 0.5) is 34.1 Å². The second-order valence-corrected chi connectivity index (χ2v) is 8.66. The van der Waals surface area contributed by atoms with E-state index >= 15 is 0 Å². The Balaban J connectivity index is 1.54. The number of amides is 3. The highest BCUT2D eigenvalue weighted by atomic mass is 19.4. The van der Waals surface area contributed by atoms with Crippen molar-refractivity contribution in [3.63, 3.8) is 0 Å². The third kappa shape index (κ3) is 8.90. The molecule has 216 valence electrons. The highest BCUT2D eigenvalue weighted by Crippen LogP contribution is 2.32. The molecular weight excluding hydrogens is 531 g/mol. The molecular formula is C27H32F3N5O5. The van der Waals surface area contributed by atoms with Crippen LogP contribution in [-0.4, -0.2) is 61.0 Å². The van der Waals surface area contributed by atoms with Crippen molar-refractivity contribution in [2.75, 3.05) is 37.4 Å². The second-order valence-electron chi connectivity index (χ2n) is 8.66. The first-order valence-corrected chi connectivity index (χ1v) is 12.6. The minimum absolute atomic E-state index is 0.100. The molecule has 0 radical (unpaired) electrons. The molecule has 40 heavy (non-hydrogen) atoms. The van der Waals surface area contributed by atoms with Crippen LogP contribution in [0.25, 0.3) is 11.3 Å². The van der Waals surface area contributed by atoms with Gasteiger partial charge in [-0.2, -0.15) is 13.2 Å². The van der Waals surface area contributed by atoms with Crippen LogP contribution < -0.4 is 20.7 Å². The number of carbonyl (C=O) groups excluding carboxylic acids is 2. The minimum atomic E-state index is -4.68. The first kappa shape index (κ1) is 30.3. The molecule has 1 aromatic heterocycles. The van der Waals surface area contributed by atoms with Gasteiger partial charge in [-0.3, -0.25) is 0 Å². The molecule has 3 N–H and O–H groups in total. The maximum absolute atomic E-state index is 13.4. The number of rotatable bonds is 12. The van der Waals surface area contributed by atoms with Crippen molar-refractivity contribution in [2.45, 2.75) is 39.1 Å². The van der Waals surface area contributed by atoms with Crippen molar-refractivity contribution >= 4 is 23.5 Å². The number of benzene rings is 2. The number of alkyl halides is 3. The zero-order valence-corrected chi connectivity index (χ0v) is 22.4. The molecule has 0 saturated heterocycles. The number of oxazole rings is 1. The van der Waals surface area contributed by atoms with Gasteiger partial charge >= 0.3 is 18.3 Å². The average Bonchev–Trinajstić information content (AvgIpc) is 3.46. The van der Waals surface area contributed by atoms with Gasteiger partial charge in [-0.05, 0) is 42.9 Å². The summed E-state index contributed by atoms with van der Waals surface area (Å²) < 4.78 is 55.5. The molecule has 0 aliphatic rings. The highest BCUT2D eigenvalue weighted by Gasteiger charge is 2.42. The SMILES string of the molecule is CCN(CC)CCC(OC(=O)NCc1cccc(NC(=O)Nc2ccc(-c3cnco3)c(OC)c2)c1)C(F)(F)F. The van der Waals surface area contributed by atoms with Crippen molar-refractivity contribution in [3.05, 3.63) is 60.6 Å². The molecule has 0 aliphatic carbocycles. The highest BCUT2D eigenvalue weighted by molar-refractivity contribution is 6.00. The van der Waals surface area contributed by atoms with E-state index in [0.717, 1.165) is 0 Å². The smallest absolute Gasteiger partial charge is 0.425 e. The minimum Gasteiger partial charge on any atom is -0.496 e. The number of ether oxygens (including phenoxy) is 2. The number of hydrogen-bond donors (Lipinski definition) is 3. The summed E-state index contributed by atoms with van der Waals surface area (Å²) in [6.07, 6.45) is -5.59. The molecule has 1 atom stereocenters. The van der Waals surface area contributed by atoms with Gasteiger partial charge in [0.2, 0.25) is 0 Å². The van der Waals surface area contributed by atoms with Gasteiger partial charge in [-0.25, -0.2) is 14.6 Å². The van der Waals surface area contributed by atoms with E-state index < -0.39 is 24.4 Å². The van der Waals surface area contributed by atoms with Crippen LogP contribution in [0.3, 0.4) is 0 Å². The van der Waals surface area contributed by atoms with Gasteiger partial charge in [0.05, 0.1) is 18.9 Å². The monoisotopic (exact) mass is 563 g/mol. The van der Waals surface area contributed by atoms with Crippen LogP contribution in [0, 0.1) is 0 Å². The molecule has 13 heteroatoms. The van der Waals surface area contributed by atoms with Gasteiger partial charge in [0.1, 0.15) is 5.75 Å². The molecule has 1 heterocycles. The number of nitrogens with one attached hydrogen (secondary N) is 3. The number of methoxy groups -OCH3 is 1. The maximum atomic E-state index is 13.4. The van der Waals surface area contributed by atoms with Gasteiger partial charge in [0, 0.05) is 37.0 Å². The lowest BCUT2D eigenvalue weighted by Crippen LogP contribution is -2.40. The molecule has 0 spiro atoms. The molecule has 0 bridgehead atoms. The standard InChI is InChI=1S/C27H32F3N5O5/c1-4-35(5-2)12-11-24(27(28,29)30)40-26(37)32-15-18-7-6-8-19(13-18)33-25(36)34-20-9-10-21(22(14-20)38-3)23-16-31-17-39-23/h6-10,13-14,16-17,24H,4-5,11-12,15H2,1-3H3,(H,32,37)(H2,33,34,36). The van der Waals surface area contributed by atoms with Crippen LogP contribution >= 0.6 is 0 Å². The lowest BCUT2D eigenvalue weighted by atomic mass is 10.1. The van der Waals surface area contributed by atoms with Gasteiger partial charge in [-0.1, -0.05) is 26.0 Å². The molecule has 2 aromatic carbocycles. The van der Waals surface area contributed by atoms with E-state index in [-0.39, 0.29) is 19.5 Å². The van der Waals surface area contributed by atoms with Gasteiger partial charge in [0.25, 0.3) is 0 Å². The molecule has 0 fully saturated rings. The number of alkyl carbamates (subject to hydrolysis) is 1. The lowest BCUT2D eigenvalue weighted by molar-refractivity contribution is -0.205. The maximum Gasteiger partial charge on any atom is 0.425 e. The summed E-state index contributed by atoms with van der Waals surface area (Å²) in [5, 5.41) is 7.70. The normalized spacial score (nSPS) is 12.1. The number of nitrogens with zero attached hydrogens (tertiary/aromatic N) is 2. The number of urea groups is 1. The number of hydrogen-bond acceptors (Lipinski definition) is 7. The fraction of sp³-hybridized carbons (Fsp3) is 0.370. The number of aromatic nitrogens is 1. The van der Waals surface area contributed by atoms with Crippen molar-refractivity contribution in [1.82, 2.24) is 15.2 Å². The van der Waals surface area contributed by atoms with E-state index in [9.17, 15) is 22.8 Å². The van der Waals surface area contributed by atoms with E-state index in [1.165, 1.54) is 13.5 Å². The van der Waals surface area contributed by atoms with E-state index in [2.05, 4.69) is 25.7 Å². The lowest BCUT2D eigenvalue weighted by Gasteiger charge is -2.24. The fourth-order valence-electron chi connectivity index (χ4n) is 3.85. The Kier molecular flexibility index (Phi) is 10.8. The first-order chi connectivity index (χ1) is 19.1. The van der Waals surface area contributed by atoms with E-state index in [1.54, 1.807) is 48.7 Å². The van der Waals surface area contributed by atoms with E-state index in [0.29, 0.717) is 47.1 Å². The second kappa shape index (κ2) is 14.2. The predicted molar refractivity (Wildman–Crippen MR) is 143 cm³/mol. The van der Waals surface area contributed by atoms with Crippen LogP contribution in [0.1, 0.15) is 25.8 Å². The molecule has 1 unspecified atom stereocenters. The number of halogens is 3. The quantitative estimate of drug-likeness (QED) is 0.252. The van der Waals surface area contributed by atoms with E-state index in [1.807, 2.05) is 18.7 Å². The summed E-state index contributed by atoms with van der Waals surface area (Å²) in [4.78, 5) is 30.4. The molecule has 0 saturated carbocycles. The topological polar surface area (TPSA) is 118 Å². The number of anilines is 2. The first-order valence-electron chi connectivity index (χ1n) is 12.6. The summed E-state index contributed by atoms with van der Waals surface area (Å²) in [5.74, 6) is 0.978. The Labute approximate surface area is 229 Å². The Morgan fingerprint density at radius 1 is 1.07 bits per heavy atom.